The van der Waals surface area contributed by atoms with Crippen LogP contribution in [0.5, 0.6) is 0 Å². The quantitative estimate of drug-likeness (QED) is 0.916. The lowest BCUT2D eigenvalue weighted by atomic mass is 9.78. The lowest BCUT2D eigenvalue weighted by molar-refractivity contribution is 0.0943. The van der Waals surface area contributed by atoms with Crippen LogP contribution in [0.15, 0.2) is 30.3 Å². The van der Waals surface area contributed by atoms with Gasteiger partial charge in [0, 0.05) is 18.1 Å². The Morgan fingerprint density at radius 2 is 1.86 bits per heavy atom. The summed E-state index contributed by atoms with van der Waals surface area (Å²) in [6.45, 7) is 5.99. The maximum Gasteiger partial charge on any atom is 0.0256 e. The molecule has 4 atom stereocenters. The standard InChI is InChI=1S/C19H30N2/c1-14(2)18-9-6-12-21(18)19-13-16(10-11-17(19)20)15-7-4-3-5-8-15/h3-5,7-8,14,16-19H,6,9-13,20H2,1-2H3. The Balaban J connectivity index is 1.75. The third-order valence-corrected chi connectivity index (χ3v) is 5.68. The van der Waals surface area contributed by atoms with E-state index in [-0.39, 0.29) is 0 Å². The van der Waals surface area contributed by atoms with E-state index in [1.807, 2.05) is 0 Å². The van der Waals surface area contributed by atoms with Gasteiger partial charge in [0.1, 0.15) is 0 Å². The van der Waals surface area contributed by atoms with Crippen LogP contribution in [0.1, 0.15) is 57.4 Å². The van der Waals surface area contributed by atoms with E-state index in [1.165, 1.54) is 44.2 Å². The third kappa shape index (κ3) is 3.17. The normalized spacial score (nSPS) is 34.5. The first-order chi connectivity index (χ1) is 10.2. The molecule has 2 fully saturated rings. The Hall–Kier alpha value is -0.860. The topological polar surface area (TPSA) is 29.3 Å². The van der Waals surface area contributed by atoms with Gasteiger partial charge in [-0.3, -0.25) is 4.90 Å². The zero-order chi connectivity index (χ0) is 14.8. The predicted octanol–water partition coefficient (Wildman–Crippen LogP) is 3.77. The molecule has 0 radical (unpaired) electrons. The highest BCUT2D eigenvalue weighted by atomic mass is 15.2. The van der Waals surface area contributed by atoms with Gasteiger partial charge in [0.2, 0.25) is 0 Å². The van der Waals surface area contributed by atoms with Gasteiger partial charge in [-0.25, -0.2) is 0 Å². The van der Waals surface area contributed by atoms with E-state index >= 15 is 0 Å². The summed E-state index contributed by atoms with van der Waals surface area (Å²) in [6, 6.07) is 12.7. The Kier molecular flexibility index (Phi) is 4.66. The highest BCUT2D eigenvalue weighted by Crippen LogP contribution is 2.38. The average Bonchev–Trinajstić information content (AvgIpc) is 2.98. The second-order valence-corrected chi connectivity index (χ2v) is 7.34. The van der Waals surface area contributed by atoms with Gasteiger partial charge in [-0.15, -0.1) is 0 Å². The smallest absolute Gasteiger partial charge is 0.0256 e. The monoisotopic (exact) mass is 286 g/mol. The van der Waals surface area contributed by atoms with Crippen LogP contribution in [0.2, 0.25) is 0 Å². The SMILES string of the molecule is CC(C)C1CCCN1C1CC(c2ccccc2)CCC1N. The van der Waals surface area contributed by atoms with Crippen molar-refractivity contribution < 1.29 is 0 Å². The molecule has 0 spiro atoms. The number of likely N-dealkylation sites (tertiary alicyclic amines) is 1. The first-order valence-electron chi connectivity index (χ1n) is 8.73. The molecule has 21 heavy (non-hydrogen) atoms. The van der Waals surface area contributed by atoms with Crippen LogP contribution in [0.3, 0.4) is 0 Å². The summed E-state index contributed by atoms with van der Waals surface area (Å²) < 4.78 is 0. The zero-order valence-electron chi connectivity index (χ0n) is 13.5. The number of benzene rings is 1. The molecule has 1 aromatic rings. The van der Waals surface area contributed by atoms with Crippen LogP contribution in [0.4, 0.5) is 0 Å². The van der Waals surface area contributed by atoms with Crippen molar-refractivity contribution in [2.24, 2.45) is 11.7 Å². The summed E-state index contributed by atoms with van der Waals surface area (Å²) in [5.41, 5.74) is 8.03. The number of rotatable bonds is 3. The summed E-state index contributed by atoms with van der Waals surface area (Å²) in [6.07, 6.45) is 6.38. The molecule has 0 amide bonds. The summed E-state index contributed by atoms with van der Waals surface area (Å²) >= 11 is 0. The molecule has 1 aliphatic heterocycles. The lowest BCUT2D eigenvalue weighted by Crippen LogP contribution is -2.53. The van der Waals surface area contributed by atoms with Crippen molar-refractivity contribution in [1.29, 1.82) is 0 Å². The van der Waals surface area contributed by atoms with E-state index in [0.717, 1.165) is 12.0 Å². The number of hydrogen-bond acceptors (Lipinski definition) is 2. The fraction of sp³-hybridized carbons (Fsp3) is 0.684. The molecule has 3 rings (SSSR count). The van der Waals surface area contributed by atoms with E-state index in [9.17, 15) is 0 Å². The second kappa shape index (κ2) is 6.50. The van der Waals surface area contributed by atoms with Crippen LogP contribution in [0, 0.1) is 5.92 Å². The number of nitrogens with zero attached hydrogens (tertiary/aromatic N) is 1. The van der Waals surface area contributed by atoms with Crippen LogP contribution >= 0.6 is 0 Å². The molecule has 1 aliphatic carbocycles. The van der Waals surface area contributed by atoms with Gasteiger partial charge in [0.25, 0.3) is 0 Å². The first kappa shape index (κ1) is 15.1. The highest BCUT2D eigenvalue weighted by molar-refractivity contribution is 5.21. The molecule has 4 unspecified atom stereocenters. The molecule has 1 heterocycles. The fourth-order valence-corrected chi connectivity index (χ4v) is 4.52. The number of hydrogen-bond donors (Lipinski definition) is 1. The van der Waals surface area contributed by atoms with Crippen LogP contribution in [-0.2, 0) is 0 Å². The molecule has 2 aliphatic rings. The Labute approximate surface area is 129 Å². The van der Waals surface area contributed by atoms with Gasteiger partial charge in [-0.1, -0.05) is 44.2 Å². The van der Waals surface area contributed by atoms with Gasteiger partial charge in [-0.05, 0) is 56.0 Å². The van der Waals surface area contributed by atoms with Crippen molar-refractivity contribution in [3.05, 3.63) is 35.9 Å². The van der Waals surface area contributed by atoms with Crippen LogP contribution < -0.4 is 5.73 Å². The van der Waals surface area contributed by atoms with E-state index in [2.05, 4.69) is 49.1 Å². The Morgan fingerprint density at radius 1 is 1.10 bits per heavy atom. The van der Waals surface area contributed by atoms with Crippen molar-refractivity contribution in [3.63, 3.8) is 0 Å². The van der Waals surface area contributed by atoms with E-state index in [1.54, 1.807) is 0 Å². The summed E-state index contributed by atoms with van der Waals surface area (Å²) in [5, 5.41) is 0. The maximum atomic E-state index is 6.52. The molecule has 2 nitrogen and oxygen atoms in total. The Bertz CT molecular complexity index is 442. The maximum absolute atomic E-state index is 6.52. The van der Waals surface area contributed by atoms with Crippen molar-refractivity contribution >= 4 is 0 Å². The summed E-state index contributed by atoms with van der Waals surface area (Å²) in [5.74, 6) is 1.45. The van der Waals surface area contributed by atoms with Crippen LogP contribution in [-0.4, -0.2) is 29.6 Å². The third-order valence-electron chi connectivity index (χ3n) is 5.68. The largest absolute Gasteiger partial charge is 0.326 e. The minimum absolute atomic E-state index is 0.365. The second-order valence-electron chi connectivity index (χ2n) is 7.34. The molecule has 2 heteroatoms. The van der Waals surface area contributed by atoms with Crippen LogP contribution in [0.25, 0.3) is 0 Å². The average molecular weight is 286 g/mol. The van der Waals surface area contributed by atoms with Crippen molar-refractivity contribution in [2.45, 2.75) is 70.0 Å². The van der Waals surface area contributed by atoms with Crippen molar-refractivity contribution in [1.82, 2.24) is 4.90 Å². The van der Waals surface area contributed by atoms with Gasteiger partial charge >= 0.3 is 0 Å². The predicted molar refractivity (Wildman–Crippen MR) is 89.4 cm³/mol. The fourth-order valence-electron chi connectivity index (χ4n) is 4.52. The molecule has 2 N–H and O–H groups in total. The van der Waals surface area contributed by atoms with Gasteiger partial charge in [-0.2, -0.15) is 0 Å². The number of nitrogens with two attached hydrogens (primary N) is 1. The molecule has 1 aromatic carbocycles. The van der Waals surface area contributed by atoms with E-state index < -0.39 is 0 Å². The van der Waals surface area contributed by atoms with Gasteiger partial charge in [0.05, 0.1) is 0 Å². The zero-order valence-corrected chi connectivity index (χ0v) is 13.5. The van der Waals surface area contributed by atoms with E-state index in [0.29, 0.717) is 18.0 Å². The lowest BCUT2D eigenvalue weighted by Gasteiger charge is -2.43. The van der Waals surface area contributed by atoms with Gasteiger partial charge in [0.15, 0.2) is 0 Å². The molecule has 116 valence electrons. The highest BCUT2D eigenvalue weighted by Gasteiger charge is 2.38. The molecule has 0 bridgehead atoms. The molecular weight excluding hydrogens is 256 g/mol. The molecule has 0 aromatic heterocycles. The molecule has 1 saturated carbocycles. The van der Waals surface area contributed by atoms with Gasteiger partial charge < -0.3 is 5.73 Å². The van der Waals surface area contributed by atoms with Crippen molar-refractivity contribution in [2.75, 3.05) is 6.54 Å². The minimum Gasteiger partial charge on any atom is -0.326 e. The Morgan fingerprint density at radius 3 is 2.57 bits per heavy atom. The first-order valence-corrected chi connectivity index (χ1v) is 8.73. The van der Waals surface area contributed by atoms with Crippen molar-refractivity contribution in [3.8, 4) is 0 Å². The minimum atomic E-state index is 0.365. The molecular formula is C19H30N2. The van der Waals surface area contributed by atoms with E-state index in [4.69, 9.17) is 5.73 Å². The summed E-state index contributed by atoms with van der Waals surface area (Å²) in [7, 11) is 0. The molecule has 1 saturated heterocycles. The summed E-state index contributed by atoms with van der Waals surface area (Å²) in [4.78, 5) is 2.75.